The predicted octanol–water partition coefficient (Wildman–Crippen LogP) is 3.30. The zero-order valence-corrected chi connectivity index (χ0v) is 9.06. The molecule has 0 N–H and O–H groups in total. The van der Waals surface area contributed by atoms with E-state index in [1.807, 2.05) is 11.4 Å². The highest BCUT2D eigenvalue weighted by Crippen LogP contribution is 2.14. The molecule has 0 spiro atoms. The van der Waals surface area contributed by atoms with Crippen molar-refractivity contribution in [3.8, 4) is 0 Å². The Kier molecular flexibility index (Phi) is 4.16. The number of hydrogen-bond donors (Lipinski definition) is 0. The van der Waals surface area contributed by atoms with Crippen LogP contribution in [-0.2, 0) is 11.2 Å². The molecule has 1 nitrogen and oxygen atoms in total. The molecule has 0 amide bonds. The number of thiophene rings is 1. The Hall–Kier alpha value is -0.630. The zero-order chi connectivity index (χ0) is 9.68. The number of carbonyl (C=O) groups is 1. The highest BCUT2D eigenvalue weighted by molar-refractivity contribution is 7.07. The van der Waals surface area contributed by atoms with Crippen LogP contribution in [0.1, 0.15) is 32.3 Å². The lowest BCUT2D eigenvalue weighted by atomic mass is 9.94. The van der Waals surface area contributed by atoms with Gasteiger partial charge >= 0.3 is 0 Å². The largest absolute Gasteiger partial charge is 0.299 e. The SMILES string of the molecule is CCC(CC)C(=O)Cc1ccsc1. The Morgan fingerprint density at radius 3 is 2.62 bits per heavy atom. The Labute approximate surface area is 83.8 Å². The summed E-state index contributed by atoms with van der Waals surface area (Å²) in [5.74, 6) is 0.656. The number of rotatable bonds is 5. The fraction of sp³-hybridized carbons (Fsp3) is 0.545. The van der Waals surface area contributed by atoms with Crippen LogP contribution in [0.4, 0.5) is 0 Å². The van der Waals surface area contributed by atoms with E-state index in [0.717, 1.165) is 12.8 Å². The Balaban J connectivity index is 2.49. The molecular formula is C11H16OS. The molecule has 0 aliphatic rings. The quantitative estimate of drug-likeness (QED) is 0.706. The zero-order valence-electron chi connectivity index (χ0n) is 8.25. The van der Waals surface area contributed by atoms with Crippen LogP contribution < -0.4 is 0 Å². The molecule has 2 heteroatoms. The van der Waals surface area contributed by atoms with Crippen molar-refractivity contribution in [1.82, 2.24) is 0 Å². The molecule has 1 aromatic rings. The van der Waals surface area contributed by atoms with Gasteiger partial charge in [0.1, 0.15) is 5.78 Å². The van der Waals surface area contributed by atoms with Crippen LogP contribution in [0.2, 0.25) is 0 Å². The molecule has 0 bridgehead atoms. The lowest BCUT2D eigenvalue weighted by molar-refractivity contribution is -0.122. The van der Waals surface area contributed by atoms with Crippen molar-refractivity contribution in [2.75, 3.05) is 0 Å². The number of carbonyl (C=O) groups excluding carboxylic acids is 1. The van der Waals surface area contributed by atoms with E-state index in [4.69, 9.17) is 0 Å². The van der Waals surface area contributed by atoms with E-state index in [1.54, 1.807) is 11.3 Å². The van der Waals surface area contributed by atoms with Gasteiger partial charge in [-0.3, -0.25) is 4.79 Å². The van der Waals surface area contributed by atoms with Gasteiger partial charge in [0.05, 0.1) is 0 Å². The Bertz CT molecular complexity index is 247. The van der Waals surface area contributed by atoms with E-state index < -0.39 is 0 Å². The summed E-state index contributed by atoms with van der Waals surface area (Å²) in [4.78, 5) is 11.7. The standard InChI is InChI=1S/C11H16OS/c1-3-10(4-2)11(12)7-9-5-6-13-8-9/h5-6,8,10H,3-4,7H2,1-2H3. The smallest absolute Gasteiger partial charge is 0.140 e. The molecular weight excluding hydrogens is 180 g/mol. The van der Waals surface area contributed by atoms with Gasteiger partial charge in [-0.15, -0.1) is 0 Å². The van der Waals surface area contributed by atoms with Crippen LogP contribution in [0.15, 0.2) is 16.8 Å². The van der Waals surface area contributed by atoms with E-state index in [0.29, 0.717) is 12.2 Å². The molecule has 0 saturated heterocycles. The minimum absolute atomic E-state index is 0.264. The maximum Gasteiger partial charge on any atom is 0.140 e. The summed E-state index contributed by atoms with van der Waals surface area (Å²) in [7, 11) is 0. The highest BCUT2D eigenvalue weighted by Gasteiger charge is 2.14. The second kappa shape index (κ2) is 5.18. The van der Waals surface area contributed by atoms with E-state index in [-0.39, 0.29) is 5.92 Å². The van der Waals surface area contributed by atoms with E-state index >= 15 is 0 Å². The molecule has 0 aliphatic carbocycles. The first kappa shape index (κ1) is 10.5. The van der Waals surface area contributed by atoms with Gasteiger partial charge in [0.25, 0.3) is 0 Å². The Morgan fingerprint density at radius 2 is 2.15 bits per heavy atom. The summed E-state index contributed by atoms with van der Waals surface area (Å²) in [6.45, 7) is 4.17. The summed E-state index contributed by atoms with van der Waals surface area (Å²) < 4.78 is 0. The summed E-state index contributed by atoms with van der Waals surface area (Å²) >= 11 is 1.66. The molecule has 1 aromatic heterocycles. The minimum Gasteiger partial charge on any atom is -0.299 e. The maximum atomic E-state index is 11.7. The van der Waals surface area contributed by atoms with Crippen molar-refractivity contribution >= 4 is 17.1 Å². The molecule has 1 heterocycles. The van der Waals surface area contributed by atoms with Gasteiger partial charge in [-0.05, 0) is 35.2 Å². The normalized spacial score (nSPS) is 10.7. The third-order valence-corrected chi connectivity index (χ3v) is 3.13. The van der Waals surface area contributed by atoms with Crippen molar-refractivity contribution in [3.63, 3.8) is 0 Å². The van der Waals surface area contributed by atoms with Crippen molar-refractivity contribution < 1.29 is 4.79 Å². The summed E-state index contributed by atoms with van der Waals surface area (Å²) in [5, 5.41) is 4.08. The van der Waals surface area contributed by atoms with Crippen molar-refractivity contribution in [1.29, 1.82) is 0 Å². The number of ketones is 1. The highest BCUT2D eigenvalue weighted by atomic mass is 32.1. The van der Waals surface area contributed by atoms with Crippen LogP contribution in [0.3, 0.4) is 0 Å². The molecule has 0 aliphatic heterocycles. The van der Waals surface area contributed by atoms with Crippen molar-refractivity contribution in [2.24, 2.45) is 5.92 Å². The second-order valence-electron chi connectivity index (χ2n) is 3.29. The molecule has 0 saturated carbocycles. The first-order valence-corrected chi connectivity index (χ1v) is 5.76. The van der Waals surface area contributed by atoms with Gasteiger partial charge in [-0.25, -0.2) is 0 Å². The Morgan fingerprint density at radius 1 is 1.46 bits per heavy atom. The van der Waals surface area contributed by atoms with Gasteiger partial charge in [0.15, 0.2) is 0 Å². The van der Waals surface area contributed by atoms with Gasteiger partial charge in [0, 0.05) is 12.3 Å². The molecule has 0 fully saturated rings. The molecule has 72 valence electrons. The molecule has 0 atom stereocenters. The molecule has 1 rings (SSSR count). The average Bonchev–Trinajstić information content (AvgIpc) is 2.59. The van der Waals surface area contributed by atoms with E-state index in [2.05, 4.69) is 19.2 Å². The van der Waals surface area contributed by atoms with E-state index in [1.165, 1.54) is 5.56 Å². The lowest BCUT2D eigenvalue weighted by Crippen LogP contribution is -2.14. The molecule has 0 unspecified atom stereocenters. The minimum atomic E-state index is 0.264. The van der Waals surface area contributed by atoms with Crippen LogP contribution in [0, 0.1) is 5.92 Å². The molecule has 13 heavy (non-hydrogen) atoms. The fourth-order valence-electron chi connectivity index (χ4n) is 1.48. The van der Waals surface area contributed by atoms with Crippen molar-refractivity contribution in [3.05, 3.63) is 22.4 Å². The summed E-state index contributed by atoms with van der Waals surface area (Å²) in [6, 6.07) is 2.03. The predicted molar refractivity (Wildman–Crippen MR) is 57.1 cm³/mol. The number of hydrogen-bond acceptors (Lipinski definition) is 2. The van der Waals surface area contributed by atoms with Crippen LogP contribution in [-0.4, -0.2) is 5.78 Å². The van der Waals surface area contributed by atoms with Gasteiger partial charge in [-0.2, -0.15) is 11.3 Å². The third kappa shape index (κ3) is 2.96. The van der Waals surface area contributed by atoms with Crippen LogP contribution in [0.5, 0.6) is 0 Å². The van der Waals surface area contributed by atoms with Crippen molar-refractivity contribution in [2.45, 2.75) is 33.1 Å². The van der Waals surface area contributed by atoms with Gasteiger partial charge in [-0.1, -0.05) is 13.8 Å². The number of Topliss-reactive ketones (excluding diaryl/α,β-unsaturated/α-hetero) is 1. The monoisotopic (exact) mass is 196 g/mol. The first-order valence-electron chi connectivity index (χ1n) is 4.81. The molecule has 0 aromatic carbocycles. The van der Waals surface area contributed by atoms with Gasteiger partial charge in [0.2, 0.25) is 0 Å². The molecule has 0 radical (unpaired) electrons. The van der Waals surface area contributed by atoms with Gasteiger partial charge < -0.3 is 0 Å². The fourth-order valence-corrected chi connectivity index (χ4v) is 2.15. The summed E-state index contributed by atoms with van der Waals surface area (Å²) in [5.41, 5.74) is 1.17. The second-order valence-corrected chi connectivity index (χ2v) is 4.07. The van der Waals surface area contributed by atoms with Crippen LogP contribution in [0.25, 0.3) is 0 Å². The average molecular weight is 196 g/mol. The summed E-state index contributed by atoms with van der Waals surface area (Å²) in [6.07, 6.45) is 2.56. The third-order valence-electron chi connectivity index (χ3n) is 2.40. The van der Waals surface area contributed by atoms with Crippen LogP contribution >= 0.6 is 11.3 Å². The first-order chi connectivity index (χ1) is 6.27. The maximum absolute atomic E-state index is 11.7. The lowest BCUT2D eigenvalue weighted by Gasteiger charge is -2.09. The topological polar surface area (TPSA) is 17.1 Å². The van der Waals surface area contributed by atoms with E-state index in [9.17, 15) is 4.79 Å².